The minimum Gasteiger partial charge on any atom is -0.394 e. The summed E-state index contributed by atoms with van der Waals surface area (Å²) < 4.78 is 22.8. The Morgan fingerprint density at radius 1 is 0.905 bits per heavy atom. The second kappa shape index (κ2) is 13.2. The molecule has 0 aromatic heterocycles. The molecule has 0 aromatic carbocycles. The first-order chi connectivity index (χ1) is 19.6. The van der Waals surface area contributed by atoms with E-state index in [1.54, 1.807) is 0 Å². The van der Waals surface area contributed by atoms with Crippen molar-refractivity contribution < 1.29 is 59.5 Å². The molecule has 0 spiro atoms. The van der Waals surface area contributed by atoms with Crippen molar-refractivity contribution in [3.63, 3.8) is 0 Å². The van der Waals surface area contributed by atoms with Crippen molar-refractivity contribution in [3.05, 3.63) is 4.91 Å². The first-order valence-electron chi connectivity index (χ1n) is 12.7. The van der Waals surface area contributed by atoms with Gasteiger partial charge in [0.15, 0.2) is 36.4 Å². The third kappa shape index (κ3) is 6.26. The van der Waals surface area contributed by atoms with Crippen LogP contribution in [0.1, 0.15) is 6.92 Å². The lowest BCUT2D eigenvalue weighted by Crippen LogP contribution is -2.66. The van der Waals surface area contributed by atoms with Gasteiger partial charge in [0.25, 0.3) is 0 Å². The van der Waals surface area contributed by atoms with Crippen molar-refractivity contribution in [2.24, 2.45) is 38.2 Å². The van der Waals surface area contributed by atoms with Gasteiger partial charge in [-0.25, -0.2) is 9.98 Å². The highest BCUT2D eigenvalue weighted by Gasteiger charge is 2.61. The molecule has 21 heteroatoms. The first kappa shape index (κ1) is 33.7. The highest BCUT2D eigenvalue weighted by molar-refractivity contribution is 5.76. The van der Waals surface area contributed by atoms with Crippen molar-refractivity contribution >= 4 is 18.2 Å². The zero-order valence-electron chi connectivity index (χ0n) is 22.5. The smallest absolute Gasteiger partial charge is 0.188 e. The fourth-order valence-corrected chi connectivity index (χ4v) is 5.21. The number of carbonyl (C=O) groups is 1. The summed E-state index contributed by atoms with van der Waals surface area (Å²) in [7, 11) is 1.12. The molecule has 240 valence electrons. The molecule has 0 radical (unpaired) electrons. The van der Waals surface area contributed by atoms with E-state index >= 15 is 0 Å². The number of hydrogen-bond acceptors (Lipinski definition) is 16. The second-order valence-electron chi connectivity index (χ2n) is 10.2. The fourth-order valence-electron chi connectivity index (χ4n) is 5.21. The van der Waals surface area contributed by atoms with Crippen LogP contribution in [0.2, 0.25) is 0 Å². The number of rotatable bonds is 10. The Kier molecular flexibility index (Phi) is 10.6. The maximum atomic E-state index is 12.1. The van der Waals surface area contributed by atoms with E-state index in [9.17, 15) is 45.4 Å². The Morgan fingerprint density at radius 2 is 1.50 bits per heavy atom. The number of aliphatic imine (C=N–C) groups is 2. The normalized spacial score (nSPS) is 45.5. The highest BCUT2D eigenvalue weighted by Crippen LogP contribution is 2.39. The SMILES string of the molecule is C[C@@H]1O[C@@H](O[C@H]2[C@H](O)[C@@H](O)[C@H](N=C(N)N)[C@@H](O)[C@@H]2N=C(N)N)[C@H](O[C@@H]2O[C@@H](CO)[C@H](O)[C@@H](O)[C@@H]2N(C)N=O)[C@@]1(O)C=O. The number of guanidine groups is 2. The zero-order valence-corrected chi connectivity index (χ0v) is 22.5. The largest absolute Gasteiger partial charge is 0.394 e. The van der Waals surface area contributed by atoms with Crippen LogP contribution in [0.15, 0.2) is 15.3 Å². The van der Waals surface area contributed by atoms with Crippen LogP contribution in [0.25, 0.3) is 0 Å². The topological polar surface area (TPSA) is 357 Å². The van der Waals surface area contributed by atoms with E-state index < -0.39 is 110 Å². The van der Waals surface area contributed by atoms with E-state index in [1.165, 1.54) is 6.92 Å². The van der Waals surface area contributed by atoms with Crippen molar-refractivity contribution in [1.29, 1.82) is 0 Å². The van der Waals surface area contributed by atoms with Crippen LogP contribution in [0, 0.1) is 4.91 Å². The Morgan fingerprint density at radius 3 is 2.02 bits per heavy atom. The summed E-state index contributed by atoms with van der Waals surface area (Å²) in [5, 5.41) is 77.6. The summed E-state index contributed by atoms with van der Waals surface area (Å²) in [4.78, 5) is 31.0. The lowest BCUT2D eigenvalue weighted by Gasteiger charge is -2.46. The van der Waals surface area contributed by atoms with Gasteiger partial charge in [-0.05, 0) is 6.92 Å². The number of hydrogen-bond donors (Lipinski definition) is 11. The Bertz CT molecular complexity index is 1020. The van der Waals surface area contributed by atoms with E-state index in [1.807, 2.05) is 0 Å². The molecular formula is C21H38N8O13. The number of nitroso groups, excluding NO2 is 1. The number of aldehydes is 1. The van der Waals surface area contributed by atoms with Crippen molar-refractivity contribution in [2.45, 2.75) is 98.2 Å². The van der Waals surface area contributed by atoms with E-state index in [2.05, 4.69) is 15.3 Å². The molecule has 0 aromatic rings. The Hall–Kier alpha value is -2.83. The maximum Gasteiger partial charge on any atom is 0.188 e. The van der Waals surface area contributed by atoms with Crippen LogP contribution < -0.4 is 22.9 Å². The van der Waals surface area contributed by atoms with Gasteiger partial charge in [-0.1, -0.05) is 0 Å². The summed E-state index contributed by atoms with van der Waals surface area (Å²) in [6, 6.07) is -4.59. The van der Waals surface area contributed by atoms with Gasteiger partial charge in [-0.15, -0.1) is 4.91 Å². The van der Waals surface area contributed by atoms with Gasteiger partial charge < -0.3 is 77.6 Å². The van der Waals surface area contributed by atoms with Crippen LogP contribution in [0.3, 0.4) is 0 Å². The van der Waals surface area contributed by atoms with Crippen molar-refractivity contribution in [2.75, 3.05) is 13.7 Å². The van der Waals surface area contributed by atoms with Gasteiger partial charge in [-0.2, -0.15) is 0 Å². The van der Waals surface area contributed by atoms with E-state index in [-0.39, 0.29) is 6.29 Å². The summed E-state index contributed by atoms with van der Waals surface area (Å²) in [5.41, 5.74) is 19.2. The molecule has 15 atom stereocenters. The molecule has 3 fully saturated rings. The standard InChI is InChI=1S/C21H38N8O13/c1-5-21(37,4-31)16(42-17-9(29(2)28-38)13(35)10(32)6(3-30)40-17)18(39-5)41-15-8(27-20(24)25)11(33)7(26-19(22)23)12(34)14(15)36/h4-18,30,32-37H,3H2,1-2H3,(H4,22,23,26)(H4,24,25,27)/t5-,6-,7+,8-,9-,10-,11+,12-,13-,14+,15+,16-,17-,18-,21+/m0/s1. The summed E-state index contributed by atoms with van der Waals surface area (Å²) in [6.45, 7) is 0.463. The number of carbonyl (C=O) groups excluding carboxylic acids is 1. The summed E-state index contributed by atoms with van der Waals surface area (Å²) >= 11 is 0. The zero-order chi connectivity index (χ0) is 31.7. The number of nitrogens with zero attached hydrogens (tertiary/aromatic N) is 4. The molecule has 0 bridgehead atoms. The molecule has 15 N–H and O–H groups in total. The van der Waals surface area contributed by atoms with Crippen LogP contribution in [0.4, 0.5) is 0 Å². The molecule has 2 saturated heterocycles. The van der Waals surface area contributed by atoms with Gasteiger partial charge in [0.05, 0.1) is 18.0 Å². The van der Waals surface area contributed by atoms with Crippen molar-refractivity contribution in [3.8, 4) is 0 Å². The van der Waals surface area contributed by atoms with E-state index in [0.717, 1.165) is 7.05 Å². The first-order valence-corrected chi connectivity index (χ1v) is 12.7. The van der Waals surface area contributed by atoms with Crippen LogP contribution >= 0.6 is 0 Å². The van der Waals surface area contributed by atoms with Gasteiger partial charge in [0.2, 0.25) is 0 Å². The molecule has 3 rings (SSSR count). The summed E-state index contributed by atoms with van der Waals surface area (Å²) in [6.07, 6.45) is -18.8. The molecule has 2 heterocycles. The number of ether oxygens (including phenoxy) is 4. The number of likely N-dealkylation sites (N-methyl/N-ethyl adjacent to an activating group) is 1. The molecule has 1 saturated carbocycles. The molecule has 21 nitrogen and oxygen atoms in total. The van der Waals surface area contributed by atoms with Crippen molar-refractivity contribution in [1.82, 2.24) is 5.01 Å². The molecule has 3 aliphatic rings. The number of aliphatic hydroxyl groups is 7. The Balaban J connectivity index is 2.00. The molecule has 0 amide bonds. The molecule has 0 unspecified atom stereocenters. The maximum absolute atomic E-state index is 12.1. The average Bonchev–Trinajstić information content (AvgIpc) is 3.17. The van der Waals surface area contributed by atoms with Gasteiger partial charge in [0.1, 0.15) is 67.0 Å². The molecule has 42 heavy (non-hydrogen) atoms. The second-order valence-corrected chi connectivity index (χ2v) is 10.2. The molecule has 1 aliphatic carbocycles. The van der Waals surface area contributed by atoms with Gasteiger partial charge >= 0.3 is 0 Å². The lowest BCUT2D eigenvalue weighted by molar-refractivity contribution is -0.324. The average molecular weight is 611 g/mol. The van der Waals surface area contributed by atoms with Gasteiger partial charge in [0, 0.05) is 7.05 Å². The van der Waals surface area contributed by atoms with Crippen LogP contribution in [0.5, 0.6) is 0 Å². The Labute approximate surface area is 238 Å². The lowest BCUT2D eigenvalue weighted by atomic mass is 9.81. The van der Waals surface area contributed by atoms with Crippen LogP contribution in [-0.2, 0) is 23.7 Å². The molecule has 2 aliphatic heterocycles. The third-order valence-electron chi connectivity index (χ3n) is 7.53. The number of aliphatic hydroxyl groups excluding tert-OH is 6. The minimum atomic E-state index is -2.50. The fraction of sp³-hybridized carbons (Fsp3) is 0.857. The summed E-state index contributed by atoms with van der Waals surface area (Å²) in [5.74, 6) is -1.10. The van der Waals surface area contributed by atoms with E-state index in [4.69, 9.17) is 41.9 Å². The monoisotopic (exact) mass is 610 g/mol. The van der Waals surface area contributed by atoms with Gasteiger partial charge in [-0.3, -0.25) is 9.80 Å². The quantitative estimate of drug-likeness (QED) is 0.0359. The predicted octanol–water partition coefficient (Wildman–Crippen LogP) is -7.77. The number of nitrogens with two attached hydrogens (primary N) is 4. The predicted molar refractivity (Wildman–Crippen MR) is 137 cm³/mol. The van der Waals surface area contributed by atoms with E-state index in [0.29, 0.717) is 5.01 Å². The molecular weight excluding hydrogens is 572 g/mol. The van der Waals surface area contributed by atoms with Crippen LogP contribution in [-0.4, -0.2) is 164 Å². The highest BCUT2D eigenvalue weighted by atomic mass is 16.8. The minimum absolute atomic E-state index is 0.0727. The third-order valence-corrected chi connectivity index (χ3v) is 7.53.